The minimum Gasteiger partial charge on any atom is -0.291 e. The maximum absolute atomic E-state index is 12.5. The van der Waals surface area contributed by atoms with E-state index in [1.165, 1.54) is 23.7 Å². The van der Waals surface area contributed by atoms with Crippen LogP contribution in [0.3, 0.4) is 0 Å². The Morgan fingerprint density at radius 3 is 2.39 bits per heavy atom. The van der Waals surface area contributed by atoms with E-state index in [1.54, 1.807) is 24.3 Å². The summed E-state index contributed by atoms with van der Waals surface area (Å²) in [6.45, 7) is 1.20. The number of sulfonamides is 1. The van der Waals surface area contributed by atoms with Gasteiger partial charge in [0, 0.05) is 18.3 Å². The molecular formula is C20H21N3O4S. The largest absolute Gasteiger partial charge is 0.291 e. The van der Waals surface area contributed by atoms with E-state index in [0.29, 0.717) is 24.3 Å². The van der Waals surface area contributed by atoms with Gasteiger partial charge in [0.1, 0.15) is 0 Å². The predicted octanol–water partition coefficient (Wildman–Crippen LogP) is 2.07. The third-order valence-corrected chi connectivity index (χ3v) is 5.14. The van der Waals surface area contributed by atoms with Crippen LogP contribution in [0.1, 0.15) is 11.1 Å². The highest BCUT2D eigenvalue weighted by atomic mass is 32.2. The van der Waals surface area contributed by atoms with Crippen LogP contribution in [0, 0.1) is 12.3 Å². The number of hydrogen-bond donors (Lipinski definition) is 3. The summed E-state index contributed by atoms with van der Waals surface area (Å²) < 4.78 is 27.6. The normalized spacial score (nSPS) is 11.4. The quantitative estimate of drug-likeness (QED) is 0.273. The number of anilines is 1. The summed E-state index contributed by atoms with van der Waals surface area (Å²) in [6, 6.07) is 13.0. The van der Waals surface area contributed by atoms with Gasteiger partial charge in [0.25, 0.3) is 15.9 Å². The molecule has 2 aromatic carbocycles. The van der Waals surface area contributed by atoms with Crippen molar-refractivity contribution in [2.24, 2.45) is 0 Å². The van der Waals surface area contributed by atoms with Crippen molar-refractivity contribution in [1.82, 2.24) is 10.4 Å². The SMILES string of the molecule is C#CCN(C)Cc1ccc(NS(=O)(=O)c2ccc(/C=C/C(=O)NO)cc2)cc1. The van der Waals surface area contributed by atoms with Gasteiger partial charge in [0.2, 0.25) is 0 Å². The molecule has 146 valence electrons. The van der Waals surface area contributed by atoms with Crippen LogP contribution in [0.4, 0.5) is 5.69 Å². The Hall–Kier alpha value is -3.12. The molecule has 0 unspecified atom stereocenters. The van der Waals surface area contributed by atoms with Crippen LogP contribution in [-0.4, -0.2) is 38.0 Å². The first-order valence-electron chi connectivity index (χ1n) is 8.30. The highest BCUT2D eigenvalue weighted by molar-refractivity contribution is 7.92. The molecule has 0 fully saturated rings. The fourth-order valence-corrected chi connectivity index (χ4v) is 3.44. The van der Waals surface area contributed by atoms with Crippen LogP contribution in [0.2, 0.25) is 0 Å². The number of nitrogens with zero attached hydrogens (tertiary/aromatic N) is 1. The monoisotopic (exact) mass is 399 g/mol. The minimum atomic E-state index is -3.74. The van der Waals surface area contributed by atoms with Gasteiger partial charge in [-0.2, -0.15) is 0 Å². The Balaban J connectivity index is 2.06. The van der Waals surface area contributed by atoms with Crippen molar-refractivity contribution >= 4 is 27.7 Å². The maximum atomic E-state index is 12.5. The molecule has 8 heteroatoms. The molecule has 0 saturated carbocycles. The van der Waals surface area contributed by atoms with E-state index in [9.17, 15) is 13.2 Å². The summed E-state index contributed by atoms with van der Waals surface area (Å²) in [5.74, 6) is 1.89. The van der Waals surface area contributed by atoms with E-state index in [-0.39, 0.29) is 4.90 Å². The number of terminal acetylenes is 1. The maximum Gasteiger partial charge on any atom is 0.267 e. The average Bonchev–Trinajstić information content (AvgIpc) is 2.68. The van der Waals surface area contributed by atoms with Crippen molar-refractivity contribution in [3.63, 3.8) is 0 Å². The van der Waals surface area contributed by atoms with Crippen molar-refractivity contribution in [1.29, 1.82) is 0 Å². The van der Waals surface area contributed by atoms with Crippen molar-refractivity contribution in [2.45, 2.75) is 11.4 Å². The predicted molar refractivity (Wildman–Crippen MR) is 108 cm³/mol. The molecule has 0 aliphatic rings. The number of rotatable bonds is 8. The zero-order valence-electron chi connectivity index (χ0n) is 15.3. The first kappa shape index (κ1) is 21.2. The Morgan fingerprint density at radius 2 is 1.82 bits per heavy atom. The molecule has 0 aliphatic heterocycles. The van der Waals surface area contributed by atoms with Crippen LogP contribution >= 0.6 is 0 Å². The molecule has 0 aliphatic carbocycles. The van der Waals surface area contributed by atoms with Gasteiger partial charge in [-0.1, -0.05) is 30.2 Å². The van der Waals surface area contributed by atoms with Gasteiger partial charge in [-0.05, 0) is 48.5 Å². The smallest absolute Gasteiger partial charge is 0.267 e. The molecule has 0 bridgehead atoms. The van der Waals surface area contributed by atoms with Gasteiger partial charge in [-0.15, -0.1) is 6.42 Å². The van der Waals surface area contributed by atoms with Gasteiger partial charge in [-0.3, -0.25) is 19.6 Å². The summed E-state index contributed by atoms with van der Waals surface area (Å²) in [7, 11) is -1.83. The second-order valence-electron chi connectivity index (χ2n) is 6.06. The molecule has 2 aromatic rings. The Labute approximate surface area is 164 Å². The molecule has 7 nitrogen and oxygen atoms in total. The molecule has 0 aromatic heterocycles. The fourth-order valence-electron chi connectivity index (χ4n) is 2.38. The Bertz CT molecular complexity index is 976. The van der Waals surface area contributed by atoms with Crippen LogP contribution in [0.15, 0.2) is 59.5 Å². The lowest BCUT2D eigenvalue weighted by atomic mass is 10.2. The van der Waals surface area contributed by atoms with E-state index in [4.69, 9.17) is 11.6 Å². The van der Waals surface area contributed by atoms with E-state index >= 15 is 0 Å². The molecular weight excluding hydrogens is 378 g/mol. The number of benzene rings is 2. The second-order valence-corrected chi connectivity index (χ2v) is 7.74. The van der Waals surface area contributed by atoms with Gasteiger partial charge >= 0.3 is 0 Å². The van der Waals surface area contributed by atoms with E-state index in [1.807, 2.05) is 24.1 Å². The first-order valence-corrected chi connectivity index (χ1v) is 9.78. The second kappa shape index (κ2) is 9.71. The molecule has 2 rings (SSSR count). The summed E-state index contributed by atoms with van der Waals surface area (Å²) in [5, 5.41) is 8.44. The highest BCUT2D eigenvalue weighted by Gasteiger charge is 2.14. The lowest BCUT2D eigenvalue weighted by Crippen LogP contribution is -2.17. The lowest BCUT2D eigenvalue weighted by molar-refractivity contribution is -0.124. The van der Waals surface area contributed by atoms with Crippen LogP contribution in [0.5, 0.6) is 0 Å². The number of amides is 1. The standard InChI is InChI=1S/C20H21N3O4S/c1-3-14-23(2)15-17-4-9-18(10-5-17)22-28(26,27)19-11-6-16(7-12-19)8-13-20(24)21-25/h1,4-13,22,25H,14-15H2,2H3,(H,21,24)/b13-8+. The Morgan fingerprint density at radius 1 is 1.18 bits per heavy atom. The van der Waals surface area contributed by atoms with Crippen molar-refractivity contribution < 1.29 is 18.4 Å². The van der Waals surface area contributed by atoms with Gasteiger partial charge in [-0.25, -0.2) is 13.9 Å². The molecule has 1 amide bonds. The molecule has 0 atom stereocenters. The van der Waals surface area contributed by atoms with Crippen molar-refractivity contribution in [3.05, 3.63) is 65.7 Å². The fraction of sp³-hybridized carbons (Fsp3) is 0.150. The molecule has 0 radical (unpaired) electrons. The lowest BCUT2D eigenvalue weighted by Gasteiger charge is -2.14. The van der Waals surface area contributed by atoms with E-state index < -0.39 is 15.9 Å². The van der Waals surface area contributed by atoms with Gasteiger partial charge in [0.15, 0.2) is 0 Å². The average molecular weight is 399 g/mol. The number of carbonyl (C=O) groups excluding carboxylic acids is 1. The summed E-state index contributed by atoms with van der Waals surface area (Å²) in [4.78, 5) is 13.0. The summed E-state index contributed by atoms with van der Waals surface area (Å²) >= 11 is 0. The number of carbonyl (C=O) groups is 1. The zero-order chi connectivity index (χ0) is 20.6. The minimum absolute atomic E-state index is 0.0917. The third-order valence-electron chi connectivity index (χ3n) is 3.75. The summed E-state index contributed by atoms with van der Waals surface area (Å²) in [5.41, 5.74) is 3.56. The summed E-state index contributed by atoms with van der Waals surface area (Å²) in [6.07, 6.45) is 7.86. The Kier molecular flexibility index (Phi) is 7.35. The molecule has 28 heavy (non-hydrogen) atoms. The molecule has 3 N–H and O–H groups in total. The topological polar surface area (TPSA) is 98.7 Å². The number of nitrogens with one attached hydrogen (secondary N) is 2. The van der Waals surface area contributed by atoms with E-state index in [2.05, 4.69) is 10.6 Å². The third kappa shape index (κ3) is 6.25. The van der Waals surface area contributed by atoms with Crippen molar-refractivity contribution in [3.8, 4) is 12.3 Å². The van der Waals surface area contributed by atoms with Gasteiger partial charge < -0.3 is 0 Å². The van der Waals surface area contributed by atoms with Crippen LogP contribution < -0.4 is 10.2 Å². The highest BCUT2D eigenvalue weighted by Crippen LogP contribution is 2.18. The first-order chi connectivity index (χ1) is 13.3. The number of hydroxylamine groups is 1. The van der Waals surface area contributed by atoms with Crippen molar-refractivity contribution in [2.75, 3.05) is 18.3 Å². The zero-order valence-corrected chi connectivity index (χ0v) is 16.1. The molecule has 0 spiro atoms. The van der Waals surface area contributed by atoms with Crippen LogP contribution in [-0.2, 0) is 21.4 Å². The number of hydrogen-bond acceptors (Lipinski definition) is 5. The van der Waals surface area contributed by atoms with Gasteiger partial charge in [0.05, 0.1) is 11.4 Å². The van der Waals surface area contributed by atoms with E-state index in [0.717, 1.165) is 11.6 Å². The molecule has 0 saturated heterocycles. The molecule has 0 heterocycles. The van der Waals surface area contributed by atoms with Crippen LogP contribution in [0.25, 0.3) is 6.08 Å².